The number of aryl methyl sites for hydroxylation is 2. The molecule has 2 aromatic heterocycles. The Morgan fingerprint density at radius 1 is 1.10 bits per heavy atom. The van der Waals surface area contributed by atoms with E-state index in [-0.39, 0.29) is 11.9 Å². The first-order chi connectivity index (χ1) is 14.6. The average molecular weight is 429 g/mol. The van der Waals surface area contributed by atoms with E-state index in [2.05, 4.69) is 25.5 Å². The van der Waals surface area contributed by atoms with Crippen molar-refractivity contribution in [1.82, 2.24) is 20.2 Å². The average Bonchev–Trinajstić information content (AvgIpc) is 3.02. The highest BCUT2D eigenvalue weighted by atomic mass is 32.1. The highest BCUT2D eigenvalue weighted by molar-refractivity contribution is 7.15. The van der Waals surface area contributed by atoms with Gasteiger partial charge in [0.1, 0.15) is 11.9 Å². The molecule has 30 heavy (non-hydrogen) atoms. The summed E-state index contributed by atoms with van der Waals surface area (Å²) in [5, 5.41) is 6.32. The molecule has 160 valence electrons. The lowest BCUT2D eigenvalue weighted by Gasteiger charge is -2.35. The Morgan fingerprint density at radius 2 is 1.90 bits per heavy atom. The first-order valence-electron chi connectivity index (χ1n) is 10.6. The van der Waals surface area contributed by atoms with Gasteiger partial charge in [0.15, 0.2) is 5.13 Å². The molecule has 4 rings (SSSR count). The van der Waals surface area contributed by atoms with E-state index < -0.39 is 6.04 Å². The third-order valence-electron chi connectivity index (χ3n) is 5.60. The van der Waals surface area contributed by atoms with Gasteiger partial charge in [0.25, 0.3) is 0 Å². The summed E-state index contributed by atoms with van der Waals surface area (Å²) in [6.07, 6.45) is 7.38. The van der Waals surface area contributed by atoms with Crippen molar-refractivity contribution in [3.05, 3.63) is 35.0 Å². The van der Waals surface area contributed by atoms with Crippen LogP contribution in [0.2, 0.25) is 0 Å². The Kier molecular flexibility index (Phi) is 6.47. The van der Waals surface area contributed by atoms with Crippen molar-refractivity contribution in [2.75, 3.05) is 36.4 Å². The number of hydrogen-bond donors (Lipinski definition) is 2. The molecule has 8 nitrogen and oxygen atoms in total. The molecular weight excluding hydrogens is 400 g/mol. The van der Waals surface area contributed by atoms with Gasteiger partial charge in [-0.2, -0.15) is 0 Å². The standard InChI is InChI=1S/C21H28N6O2S/c1-15(19(28)25-20-24-16-7-3-2-4-8-17(16)30-20)23-21(29)27-13-11-26(12-14-27)18-9-5-6-10-22-18/h5-6,9-10,15H,2-4,7-8,11-14H2,1H3,(H,23,29)(H,24,25,28). The zero-order valence-corrected chi connectivity index (χ0v) is 18.1. The molecule has 3 amide bonds. The van der Waals surface area contributed by atoms with Gasteiger partial charge in [-0.25, -0.2) is 14.8 Å². The molecule has 1 saturated heterocycles. The fourth-order valence-corrected chi connectivity index (χ4v) is 4.87. The number of carbonyl (C=O) groups is 2. The number of rotatable bonds is 4. The van der Waals surface area contributed by atoms with Crippen molar-refractivity contribution in [3.63, 3.8) is 0 Å². The van der Waals surface area contributed by atoms with Crippen molar-refractivity contribution in [2.45, 2.75) is 45.1 Å². The van der Waals surface area contributed by atoms with Gasteiger partial charge in [0.05, 0.1) is 5.69 Å². The number of aromatic nitrogens is 2. The summed E-state index contributed by atoms with van der Waals surface area (Å²) in [5.41, 5.74) is 1.12. The molecule has 0 spiro atoms. The fraction of sp³-hybridized carbons (Fsp3) is 0.524. The number of pyridine rings is 1. The molecule has 9 heteroatoms. The maximum absolute atomic E-state index is 12.6. The molecule has 0 aromatic carbocycles. The summed E-state index contributed by atoms with van der Waals surface area (Å²) in [6.45, 7) is 4.33. The number of thiazole rings is 1. The van der Waals surface area contributed by atoms with Crippen LogP contribution < -0.4 is 15.5 Å². The molecule has 1 unspecified atom stereocenters. The third kappa shape index (κ3) is 4.89. The van der Waals surface area contributed by atoms with Crippen LogP contribution in [-0.4, -0.2) is 59.0 Å². The monoisotopic (exact) mass is 428 g/mol. The van der Waals surface area contributed by atoms with Gasteiger partial charge in [0, 0.05) is 37.3 Å². The van der Waals surface area contributed by atoms with Gasteiger partial charge in [-0.15, -0.1) is 11.3 Å². The fourth-order valence-electron chi connectivity index (χ4n) is 3.82. The van der Waals surface area contributed by atoms with Crippen molar-refractivity contribution < 1.29 is 9.59 Å². The van der Waals surface area contributed by atoms with Crippen LogP contribution in [0.3, 0.4) is 0 Å². The second kappa shape index (κ2) is 9.42. The van der Waals surface area contributed by atoms with E-state index in [1.54, 1.807) is 29.4 Å². The predicted molar refractivity (Wildman–Crippen MR) is 118 cm³/mol. The minimum Gasteiger partial charge on any atom is -0.353 e. The summed E-state index contributed by atoms with van der Waals surface area (Å²) in [7, 11) is 0. The first-order valence-corrected chi connectivity index (χ1v) is 11.4. The second-order valence-corrected chi connectivity index (χ2v) is 8.86. The van der Waals surface area contributed by atoms with E-state index >= 15 is 0 Å². The van der Waals surface area contributed by atoms with Crippen LogP contribution in [-0.2, 0) is 17.6 Å². The minimum absolute atomic E-state index is 0.215. The van der Waals surface area contributed by atoms with Gasteiger partial charge >= 0.3 is 6.03 Å². The molecule has 1 aliphatic carbocycles. The smallest absolute Gasteiger partial charge is 0.318 e. The Bertz CT molecular complexity index is 855. The van der Waals surface area contributed by atoms with Crippen LogP contribution in [0.4, 0.5) is 15.7 Å². The van der Waals surface area contributed by atoms with E-state index in [1.165, 1.54) is 17.7 Å². The van der Waals surface area contributed by atoms with Gasteiger partial charge in [-0.1, -0.05) is 12.5 Å². The zero-order chi connectivity index (χ0) is 20.9. The Morgan fingerprint density at radius 3 is 2.67 bits per heavy atom. The van der Waals surface area contributed by atoms with E-state index in [9.17, 15) is 9.59 Å². The van der Waals surface area contributed by atoms with Crippen LogP contribution in [0.15, 0.2) is 24.4 Å². The molecule has 0 saturated carbocycles. The number of amides is 3. The Hall–Kier alpha value is -2.68. The highest BCUT2D eigenvalue weighted by Gasteiger charge is 2.25. The van der Waals surface area contributed by atoms with Gasteiger partial charge < -0.3 is 20.4 Å². The highest BCUT2D eigenvalue weighted by Crippen LogP contribution is 2.28. The normalized spacial score (nSPS) is 17.6. The van der Waals surface area contributed by atoms with Gasteiger partial charge in [-0.05, 0) is 44.7 Å². The number of carbonyl (C=O) groups excluding carboxylic acids is 2. The second-order valence-electron chi connectivity index (χ2n) is 7.77. The minimum atomic E-state index is -0.630. The largest absolute Gasteiger partial charge is 0.353 e. The van der Waals surface area contributed by atoms with Crippen molar-refractivity contribution >= 4 is 34.2 Å². The van der Waals surface area contributed by atoms with Crippen LogP contribution in [0.1, 0.15) is 36.8 Å². The van der Waals surface area contributed by atoms with Gasteiger partial charge in [0.2, 0.25) is 5.91 Å². The first kappa shape index (κ1) is 20.6. The van der Waals surface area contributed by atoms with Crippen LogP contribution in [0.25, 0.3) is 0 Å². The summed E-state index contributed by atoms with van der Waals surface area (Å²) in [4.78, 5) is 39.3. The van der Waals surface area contributed by atoms with Crippen molar-refractivity contribution in [2.24, 2.45) is 0 Å². The molecule has 1 aliphatic heterocycles. The number of nitrogens with zero attached hydrogens (tertiary/aromatic N) is 4. The zero-order valence-electron chi connectivity index (χ0n) is 17.3. The van der Waals surface area contributed by atoms with Crippen LogP contribution >= 0.6 is 11.3 Å². The molecule has 2 aliphatic rings. The molecule has 1 atom stereocenters. The van der Waals surface area contributed by atoms with E-state index in [0.717, 1.165) is 43.9 Å². The number of piperazine rings is 1. The lowest BCUT2D eigenvalue weighted by atomic mass is 10.2. The number of urea groups is 1. The van der Waals surface area contributed by atoms with E-state index in [1.807, 2.05) is 18.2 Å². The number of hydrogen-bond acceptors (Lipinski definition) is 6. The van der Waals surface area contributed by atoms with Crippen LogP contribution in [0, 0.1) is 0 Å². The molecule has 0 radical (unpaired) electrons. The molecule has 2 aromatic rings. The van der Waals surface area contributed by atoms with Crippen molar-refractivity contribution in [3.8, 4) is 0 Å². The third-order valence-corrected chi connectivity index (χ3v) is 6.67. The predicted octanol–water partition coefficient (Wildman–Crippen LogP) is 2.67. The maximum atomic E-state index is 12.6. The molecule has 2 N–H and O–H groups in total. The topological polar surface area (TPSA) is 90.5 Å². The van der Waals surface area contributed by atoms with Crippen LogP contribution in [0.5, 0.6) is 0 Å². The summed E-state index contributed by atoms with van der Waals surface area (Å²) >= 11 is 1.56. The number of anilines is 2. The van der Waals surface area contributed by atoms with E-state index in [0.29, 0.717) is 18.2 Å². The Balaban J connectivity index is 1.26. The lowest BCUT2D eigenvalue weighted by molar-refractivity contribution is -0.117. The lowest BCUT2D eigenvalue weighted by Crippen LogP contribution is -2.54. The maximum Gasteiger partial charge on any atom is 0.318 e. The van der Waals surface area contributed by atoms with Gasteiger partial charge in [-0.3, -0.25) is 4.79 Å². The molecular formula is C21H28N6O2S. The number of nitrogens with one attached hydrogen (secondary N) is 2. The SMILES string of the molecule is CC(NC(=O)N1CCN(c2ccccn2)CC1)C(=O)Nc1nc2c(s1)CCCCC2. The quantitative estimate of drug-likeness (QED) is 0.731. The molecule has 1 fully saturated rings. The summed E-state index contributed by atoms with van der Waals surface area (Å²) < 4.78 is 0. The summed E-state index contributed by atoms with van der Waals surface area (Å²) in [5.74, 6) is 0.687. The number of fused-ring (bicyclic) bond motifs is 1. The van der Waals surface area contributed by atoms with E-state index in [4.69, 9.17) is 0 Å². The van der Waals surface area contributed by atoms with Crippen molar-refractivity contribution in [1.29, 1.82) is 0 Å². The summed E-state index contributed by atoms with van der Waals surface area (Å²) in [6, 6.07) is 4.98. The molecule has 0 bridgehead atoms. The molecule has 3 heterocycles. The Labute approximate surface area is 180 Å².